The number of sulfonamides is 1. The molecule has 0 spiro atoms. The summed E-state index contributed by atoms with van der Waals surface area (Å²) in [4.78, 5) is 4.73. The average molecular weight is 366 g/mol. The largest absolute Gasteiger partial charge is 0.310 e. The van der Waals surface area contributed by atoms with Gasteiger partial charge >= 0.3 is 0 Å². The summed E-state index contributed by atoms with van der Waals surface area (Å²) in [6.07, 6.45) is 6.97. The number of benzene rings is 1. The highest BCUT2D eigenvalue weighted by molar-refractivity contribution is 7.89. The highest BCUT2D eigenvalue weighted by Crippen LogP contribution is 2.28. The van der Waals surface area contributed by atoms with E-state index in [1.165, 1.54) is 37.0 Å². The van der Waals surface area contributed by atoms with Crippen molar-refractivity contribution in [3.8, 4) is 0 Å². The SMILES string of the molecule is Cc1nc2ccc(S(=O)(=O)N[C@H]3CC[C@H]3NC3CCCC3)cc2s1. The Bertz CT molecular complexity index is 841. The van der Waals surface area contributed by atoms with Gasteiger partial charge in [0, 0.05) is 18.1 Å². The van der Waals surface area contributed by atoms with Gasteiger partial charge in [-0.3, -0.25) is 0 Å². The topological polar surface area (TPSA) is 71.1 Å². The summed E-state index contributed by atoms with van der Waals surface area (Å²) in [5.74, 6) is 0. The molecule has 2 atom stereocenters. The van der Waals surface area contributed by atoms with E-state index in [4.69, 9.17) is 0 Å². The van der Waals surface area contributed by atoms with Crippen LogP contribution in [0.3, 0.4) is 0 Å². The zero-order chi connectivity index (χ0) is 16.7. The van der Waals surface area contributed by atoms with E-state index in [1.807, 2.05) is 6.92 Å². The second-order valence-corrected chi connectivity index (χ2v) is 9.87. The highest BCUT2D eigenvalue weighted by atomic mass is 32.2. The molecule has 2 saturated carbocycles. The minimum atomic E-state index is -3.48. The molecule has 2 fully saturated rings. The first-order valence-corrected chi connectivity index (χ1v) is 11.0. The maximum Gasteiger partial charge on any atom is 0.240 e. The lowest BCUT2D eigenvalue weighted by atomic mass is 9.86. The summed E-state index contributed by atoms with van der Waals surface area (Å²) in [6.45, 7) is 1.94. The van der Waals surface area contributed by atoms with Crippen LogP contribution in [0.4, 0.5) is 0 Å². The van der Waals surface area contributed by atoms with E-state index in [0.29, 0.717) is 10.9 Å². The van der Waals surface area contributed by atoms with Crippen LogP contribution < -0.4 is 10.0 Å². The Morgan fingerprint density at radius 1 is 1.12 bits per heavy atom. The quantitative estimate of drug-likeness (QED) is 0.855. The maximum absolute atomic E-state index is 12.7. The lowest BCUT2D eigenvalue weighted by Gasteiger charge is -2.39. The van der Waals surface area contributed by atoms with Crippen LogP contribution in [-0.4, -0.2) is 31.5 Å². The van der Waals surface area contributed by atoms with Crippen molar-refractivity contribution >= 4 is 31.6 Å². The van der Waals surface area contributed by atoms with Crippen LogP contribution in [-0.2, 0) is 10.0 Å². The Hall–Kier alpha value is -1.02. The number of fused-ring (bicyclic) bond motifs is 1. The first-order chi connectivity index (χ1) is 11.5. The molecule has 2 aliphatic carbocycles. The van der Waals surface area contributed by atoms with Gasteiger partial charge in [-0.1, -0.05) is 12.8 Å². The molecule has 1 aromatic heterocycles. The predicted octanol–water partition coefficient (Wildman–Crippen LogP) is 2.95. The molecular formula is C17H23N3O2S2. The molecule has 0 amide bonds. The van der Waals surface area contributed by atoms with Gasteiger partial charge in [0.15, 0.2) is 0 Å². The molecule has 4 rings (SSSR count). The second kappa shape index (κ2) is 6.37. The first-order valence-electron chi connectivity index (χ1n) is 8.67. The van der Waals surface area contributed by atoms with Crippen LogP contribution in [0.1, 0.15) is 43.5 Å². The maximum atomic E-state index is 12.7. The summed E-state index contributed by atoms with van der Waals surface area (Å²) < 4.78 is 29.2. The van der Waals surface area contributed by atoms with E-state index in [1.54, 1.807) is 18.2 Å². The van der Waals surface area contributed by atoms with E-state index in [-0.39, 0.29) is 12.1 Å². The Morgan fingerprint density at radius 3 is 2.58 bits per heavy atom. The van der Waals surface area contributed by atoms with Crippen LogP contribution in [0.5, 0.6) is 0 Å². The zero-order valence-electron chi connectivity index (χ0n) is 13.8. The van der Waals surface area contributed by atoms with Crippen molar-refractivity contribution < 1.29 is 8.42 Å². The number of nitrogens with zero attached hydrogens (tertiary/aromatic N) is 1. The van der Waals surface area contributed by atoms with Crippen molar-refractivity contribution in [3.05, 3.63) is 23.2 Å². The van der Waals surface area contributed by atoms with Crippen molar-refractivity contribution in [3.63, 3.8) is 0 Å². The summed E-state index contributed by atoms with van der Waals surface area (Å²) in [5, 5.41) is 4.59. The van der Waals surface area contributed by atoms with Gasteiger partial charge in [0.25, 0.3) is 0 Å². The number of hydrogen-bond donors (Lipinski definition) is 2. The van der Waals surface area contributed by atoms with Gasteiger partial charge in [-0.2, -0.15) is 0 Å². The molecule has 24 heavy (non-hydrogen) atoms. The smallest absolute Gasteiger partial charge is 0.240 e. The van der Waals surface area contributed by atoms with Crippen LogP contribution in [0.2, 0.25) is 0 Å². The van der Waals surface area contributed by atoms with Crippen molar-refractivity contribution in [2.45, 2.75) is 68.5 Å². The molecule has 5 nitrogen and oxygen atoms in total. The van der Waals surface area contributed by atoms with E-state index in [2.05, 4.69) is 15.0 Å². The van der Waals surface area contributed by atoms with Gasteiger partial charge < -0.3 is 5.32 Å². The van der Waals surface area contributed by atoms with Gasteiger partial charge in [0.2, 0.25) is 10.0 Å². The molecule has 0 radical (unpaired) electrons. The van der Waals surface area contributed by atoms with Crippen molar-refractivity contribution in [2.75, 3.05) is 0 Å². The standard InChI is InChI=1S/C17H23N3O2S2/c1-11-18-16-7-6-13(10-17(16)23-11)24(21,22)20-15-9-8-14(15)19-12-4-2-3-5-12/h6-7,10,12,14-15,19-20H,2-5,8-9H2,1H3/t14-,15+/m1/s1. The van der Waals surface area contributed by atoms with Crippen LogP contribution >= 0.6 is 11.3 Å². The van der Waals surface area contributed by atoms with Crippen LogP contribution in [0.15, 0.2) is 23.1 Å². The zero-order valence-corrected chi connectivity index (χ0v) is 15.4. The summed E-state index contributed by atoms with van der Waals surface area (Å²) >= 11 is 1.53. The average Bonchev–Trinajstić information content (AvgIpc) is 3.16. The highest BCUT2D eigenvalue weighted by Gasteiger charge is 2.36. The third-order valence-corrected chi connectivity index (χ3v) is 7.58. The fourth-order valence-electron chi connectivity index (χ4n) is 3.69. The number of hydrogen-bond acceptors (Lipinski definition) is 5. The van der Waals surface area contributed by atoms with Crippen LogP contribution in [0.25, 0.3) is 10.2 Å². The summed E-state index contributed by atoms with van der Waals surface area (Å²) in [6, 6.07) is 6.04. The molecule has 0 saturated heterocycles. The molecule has 130 valence electrons. The lowest BCUT2D eigenvalue weighted by molar-refractivity contribution is 0.243. The van der Waals surface area contributed by atoms with Gasteiger partial charge in [-0.15, -0.1) is 11.3 Å². The fraction of sp³-hybridized carbons (Fsp3) is 0.588. The number of rotatable bonds is 5. The Morgan fingerprint density at radius 2 is 1.88 bits per heavy atom. The lowest BCUT2D eigenvalue weighted by Crippen LogP contribution is -2.58. The molecule has 0 bridgehead atoms. The first kappa shape index (κ1) is 16.4. The van der Waals surface area contributed by atoms with Crippen molar-refractivity contribution in [2.24, 2.45) is 0 Å². The number of aryl methyl sites for hydroxylation is 1. The molecule has 0 unspecified atom stereocenters. The third-order valence-electron chi connectivity index (χ3n) is 5.16. The molecule has 2 aliphatic rings. The molecule has 7 heteroatoms. The van der Waals surface area contributed by atoms with E-state index in [0.717, 1.165) is 28.1 Å². The number of aromatic nitrogens is 1. The third kappa shape index (κ3) is 3.22. The second-order valence-electron chi connectivity index (χ2n) is 6.92. The van der Waals surface area contributed by atoms with Gasteiger partial charge in [0.05, 0.1) is 20.1 Å². The van der Waals surface area contributed by atoms with Crippen molar-refractivity contribution in [1.29, 1.82) is 0 Å². The molecule has 2 N–H and O–H groups in total. The van der Waals surface area contributed by atoms with Gasteiger partial charge in [0.1, 0.15) is 0 Å². The predicted molar refractivity (Wildman–Crippen MR) is 96.9 cm³/mol. The molecule has 2 aromatic rings. The fourth-order valence-corrected chi connectivity index (χ4v) is 5.97. The summed E-state index contributed by atoms with van der Waals surface area (Å²) in [5.41, 5.74) is 0.862. The summed E-state index contributed by atoms with van der Waals surface area (Å²) in [7, 11) is -3.48. The Labute approximate surface area is 146 Å². The molecular weight excluding hydrogens is 342 g/mol. The van der Waals surface area contributed by atoms with E-state index >= 15 is 0 Å². The molecule has 1 heterocycles. The number of nitrogens with one attached hydrogen (secondary N) is 2. The normalized spacial score (nSPS) is 25.2. The Balaban J connectivity index is 1.47. The number of thiazole rings is 1. The van der Waals surface area contributed by atoms with Gasteiger partial charge in [-0.05, 0) is 50.8 Å². The Kier molecular flexibility index (Phi) is 4.36. The minimum absolute atomic E-state index is 0.00879. The van der Waals surface area contributed by atoms with Gasteiger partial charge in [-0.25, -0.2) is 18.1 Å². The monoisotopic (exact) mass is 365 g/mol. The van der Waals surface area contributed by atoms with E-state index in [9.17, 15) is 8.42 Å². The molecule has 1 aromatic carbocycles. The minimum Gasteiger partial charge on any atom is -0.310 e. The van der Waals surface area contributed by atoms with Crippen LogP contribution in [0, 0.1) is 6.92 Å². The molecule has 0 aliphatic heterocycles. The van der Waals surface area contributed by atoms with Crippen molar-refractivity contribution in [1.82, 2.24) is 15.0 Å². The van der Waals surface area contributed by atoms with E-state index < -0.39 is 10.0 Å².